The van der Waals surface area contributed by atoms with Gasteiger partial charge in [-0.05, 0) is 0 Å². The Labute approximate surface area is 223 Å². The molecule has 0 spiro atoms. The van der Waals surface area contributed by atoms with Crippen molar-refractivity contribution >= 4 is 0 Å². The summed E-state index contributed by atoms with van der Waals surface area (Å²) in [5, 5.41) is 56.8. The van der Waals surface area contributed by atoms with Crippen molar-refractivity contribution < 1.29 is 106 Å². The minimum Gasteiger partial charge on any atom is -0.577 e. The first-order chi connectivity index (χ1) is 12.9. The molecule has 0 unspecified atom stereocenters. The second-order valence-electron chi connectivity index (χ2n) is 1.99. The van der Waals surface area contributed by atoms with Crippen LogP contribution < -0.4 is 59.1 Å². The van der Waals surface area contributed by atoms with Crippen LogP contribution in [0, 0.1) is 94.4 Å². The predicted molar refractivity (Wildman–Crippen MR) is 69.3 cm³/mol. The summed E-state index contributed by atoms with van der Waals surface area (Å²) in [7, 11) is 0. The van der Waals surface area contributed by atoms with E-state index in [0.717, 1.165) is 0 Å². The molecule has 0 saturated carbocycles. The van der Waals surface area contributed by atoms with Gasteiger partial charge in [0.15, 0.2) is 6.10 Å². The summed E-state index contributed by atoms with van der Waals surface area (Å²) in [6.45, 7) is 22.1. The van der Waals surface area contributed by atoms with E-state index in [-0.39, 0.29) is 76.2 Å². The summed E-state index contributed by atoms with van der Waals surface area (Å²) in [6, 6.07) is 0. The van der Waals surface area contributed by atoms with Gasteiger partial charge in [0.1, 0.15) is 13.2 Å². The minimum absolute atomic E-state index is 0. The summed E-state index contributed by atoms with van der Waals surface area (Å²) in [5.41, 5.74) is 5.75. The van der Waals surface area contributed by atoms with E-state index in [0.29, 0.717) is 0 Å². The van der Waals surface area contributed by atoms with Gasteiger partial charge in [0.2, 0.25) is 0 Å². The van der Waals surface area contributed by atoms with Gasteiger partial charge in [0.25, 0.3) is 15.3 Å². The van der Waals surface area contributed by atoms with Crippen LogP contribution in [-0.4, -0.2) is 34.6 Å². The number of nitrogens with zero attached hydrogens (tertiary/aromatic N) is 9. The van der Waals surface area contributed by atoms with E-state index in [2.05, 4.69) is 14.5 Å². The SMILES string of the molecule is O=[N+]([O-])OCC(CO[N+](=O)[O-])O[N+](=O)[O-].[C-]#N.[C-]#N.[C-]#N.[C-]#N.[C-]#N.[Fe+3].[N-]=O.[Na+].[Na+]. The fraction of sp³-hybridized carbons (Fsp3) is 0.375. The van der Waals surface area contributed by atoms with Crippen LogP contribution in [-0.2, 0) is 31.6 Å². The van der Waals surface area contributed by atoms with Crippen molar-refractivity contribution in [3.63, 3.8) is 0 Å². The number of hydrogen-bond donors (Lipinski definition) is 0. The summed E-state index contributed by atoms with van der Waals surface area (Å²) >= 11 is 0. The molecule has 0 saturated heterocycles. The first-order valence-corrected chi connectivity index (χ1v) is 4.57. The van der Waals surface area contributed by atoms with Crippen LogP contribution in [0.25, 0.3) is 5.59 Å². The Morgan fingerprint density at radius 1 is 0.667 bits per heavy atom. The Balaban J connectivity index is -0.0000000287. The zero-order valence-corrected chi connectivity index (χ0v) is 20.1. The quantitative estimate of drug-likeness (QED) is 0.132. The van der Waals surface area contributed by atoms with Crippen LogP contribution in [0.3, 0.4) is 0 Å². The third-order valence-corrected chi connectivity index (χ3v) is 0.967. The maximum Gasteiger partial charge on any atom is 3.00 e. The van der Waals surface area contributed by atoms with Gasteiger partial charge in [-0.25, -0.2) is 0 Å². The second kappa shape index (κ2) is 82.6. The summed E-state index contributed by atoms with van der Waals surface area (Å²) in [4.78, 5) is 47.8. The molecule has 0 aliphatic heterocycles. The third kappa shape index (κ3) is 118. The molecule has 0 atom stereocenters. The standard InChI is InChI=1S/C3H5N3O9.5CN.Fe.NO.2Na/c7-4(8)13-1-3(15-6(11)12)2-14-5(9)10;5*1-2;;1-2;;/h3H,1-2H2;;;;;;;;;/q;5*-1;+3;-1;2*+1. The molecule has 0 amide bonds. The Hall–Kier alpha value is -2.83. The van der Waals surface area contributed by atoms with Crippen LogP contribution in [0.15, 0.2) is 0 Å². The molecule has 0 aromatic carbocycles. The molecular formula is C8H5FeN9Na2O10-. The van der Waals surface area contributed by atoms with Gasteiger partial charge in [-0.3, -0.25) is 0 Å². The molecule has 22 heteroatoms. The van der Waals surface area contributed by atoms with E-state index < -0.39 is 34.6 Å². The van der Waals surface area contributed by atoms with Gasteiger partial charge < -0.3 is 84.2 Å². The van der Waals surface area contributed by atoms with Crippen molar-refractivity contribution in [2.45, 2.75) is 6.10 Å². The van der Waals surface area contributed by atoms with Gasteiger partial charge in [0.05, 0.1) is 0 Å². The molecule has 30 heavy (non-hydrogen) atoms. The zero-order valence-electron chi connectivity index (χ0n) is 15.0. The van der Waals surface area contributed by atoms with Gasteiger partial charge in [-0.1, -0.05) is 0 Å². The average Bonchev–Trinajstić information content (AvgIpc) is 2.72. The van der Waals surface area contributed by atoms with Crippen molar-refractivity contribution in [2.24, 2.45) is 0 Å². The van der Waals surface area contributed by atoms with Crippen LogP contribution >= 0.6 is 0 Å². The molecular weight excluding hydrogens is 484 g/mol. The fourth-order valence-corrected chi connectivity index (χ4v) is 0.519. The largest absolute Gasteiger partial charge is 3.00 e. The molecule has 0 aromatic rings. The maximum absolute atomic E-state index is 9.83. The maximum atomic E-state index is 9.83. The first-order valence-electron chi connectivity index (χ1n) is 4.57. The van der Waals surface area contributed by atoms with E-state index in [1.807, 2.05) is 0 Å². The number of rotatable bonds is 8. The molecule has 0 heterocycles. The molecule has 0 aromatic heterocycles. The van der Waals surface area contributed by atoms with Gasteiger partial charge in [-0.2, -0.15) is 0 Å². The molecule has 153 valence electrons. The topological polar surface area (TPSA) is 315 Å². The van der Waals surface area contributed by atoms with Crippen LogP contribution in [0.5, 0.6) is 0 Å². The summed E-state index contributed by atoms with van der Waals surface area (Å²) in [5.74, 6) is 0. The average molecular weight is 489 g/mol. The molecule has 19 nitrogen and oxygen atoms in total. The normalized spacial score (nSPS) is 5.17. The predicted octanol–water partition coefficient (Wildman–Crippen LogP) is -6.21. The number of nitroso groups, excluding NO2 is 1. The van der Waals surface area contributed by atoms with Crippen molar-refractivity contribution in [1.82, 2.24) is 0 Å². The minimum atomic E-state index is -1.55. The molecule has 0 aliphatic carbocycles. The molecule has 0 fully saturated rings. The molecule has 1 radical (unpaired) electrons. The van der Waals surface area contributed by atoms with E-state index in [1.165, 1.54) is 0 Å². The number of hydrogen-bond acceptors (Lipinski definition) is 15. The van der Waals surface area contributed by atoms with Gasteiger partial charge in [-0.15, -0.1) is 30.3 Å². The van der Waals surface area contributed by atoms with Gasteiger partial charge in [0, 0.05) is 0 Å². The molecule has 0 rings (SSSR count). The Morgan fingerprint density at radius 3 is 1.00 bits per heavy atom. The smallest absolute Gasteiger partial charge is 0.577 e. The van der Waals surface area contributed by atoms with Gasteiger partial charge >= 0.3 is 76.2 Å². The van der Waals surface area contributed by atoms with Crippen molar-refractivity contribution in [3.8, 4) is 0 Å². The van der Waals surface area contributed by atoms with Crippen molar-refractivity contribution in [1.29, 1.82) is 26.3 Å². The third-order valence-electron chi connectivity index (χ3n) is 0.967. The Morgan fingerprint density at radius 2 is 0.867 bits per heavy atom. The zero-order chi connectivity index (χ0) is 23.8. The first kappa shape index (κ1) is 63.1. The molecule has 0 aliphatic rings. The second-order valence-corrected chi connectivity index (χ2v) is 1.99. The van der Waals surface area contributed by atoms with Crippen molar-refractivity contribution in [3.05, 3.63) is 73.7 Å². The van der Waals surface area contributed by atoms with E-state index in [9.17, 15) is 30.3 Å². The van der Waals surface area contributed by atoms with Crippen LogP contribution in [0.2, 0.25) is 0 Å². The van der Waals surface area contributed by atoms with E-state index in [4.69, 9.17) is 69.7 Å². The van der Waals surface area contributed by atoms with E-state index >= 15 is 0 Å². The fourth-order valence-electron chi connectivity index (χ4n) is 0.519. The van der Waals surface area contributed by atoms with Crippen molar-refractivity contribution in [2.75, 3.05) is 13.2 Å². The summed E-state index contributed by atoms with van der Waals surface area (Å²) < 4.78 is 0. The summed E-state index contributed by atoms with van der Waals surface area (Å²) in [6.07, 6.45) is -1.55. The van der Waals surface area contributed by atoms with E-state index in [1.54, 1.807) is 0 Å². The Kier molecular flexibility index (Phi) is 174. The molecule has 0 bridgehead atoms. The Bertz CT molecular complexity index is 424. The monoisotopic (exact) mass is 489 g/mol. The molecule has 0 N–H and O–H groups in total. The van der Waals surface area contributed by atoms with Crippen LogP contribution in [0.4, 0.5) is 0 Å². The van der Waals surface area contributed by atoms with Crippen LogP contribution in [0.1, 0.15) is 0 Å².